The van der Waals surface area contributed by atoms with Crippen LogP contribution in [0.2, 0.25) is 5.02 Å². The normalized spacial score (nSPS) is 16.5. The lowest BCUT2D eigenvalue weighted by Gasteiger charge is -2.24. The van der Waals surface area contributed by atoms with Crippen LogP contribution in [-0.2, 0) is 4.79 Å². The van der Waals surface area contributed by atoms with Crippen LogP contribution in [0.25, 0.3) is 0 Å². The second kappa shape index (κ2) is 6.35. The minimum absolute atomic E-state index is 0.137. The maximum Gasteiger partial charge on any atom is 0.319 e. The van der Waals surface area contributed by atoms with Crippen molar-refractivity contribution < 1.29 is 14.7 Å². The monoisotopic (exact) mass is 310 g/mol. The Kier molecular flexibility index (Phi) is 4.73. The van der Waals surface area contributed by atoms with Crippen LogP contribution in [0.5, 0.6) is 0 Å². The maximum absolute atomic E-state index is 11.9. The van der Waals surface area contributed by atoms with E-state index in [1.807, 2.05) is 13.0 Å². The number of carboxylic acid groups (broad SMARTS) is 1. The van der Waals surface area contributed by atoms with Gasteiger partial charge >= 0.3 is 12.0 Å². The molecule has 1 aliphatic rings. The van der Waals surface area contributed by atoms with Crippen LogP contribution in [0.15, 0.2) is 18.2 Å². The number of aryl methyl sites for hydroxylation is 1. The molecule has 114 valence electrons. The maximum atomic E-state index is 11.9. The highest BCUT2D eigenvalue weighted by atomic mass is 35.5. The van der Waals surface area contributed by atoms with Gasteiger partial charge in [-0.3, -0.25) is 4.79 Å². The Morgan fingerprint density at radius 3 is 2.57 bits per heavy atom. The number of halogens is 1. The summed E-state index contributed by atoms with van der Waals surface area (Å²) in [5.41, 5.74) is 0.686. The largest absolute Gasteiger partial charge is 0.481 e. The highest BCUT2D eigenvalue weighted by Gasteiger charge is 2.41. The van der Waals surface area contributed by atoms with E-state index in [0.717, 1.165) is 18.4 Å². The molecule has 1 fully saturated rings. The summed E-state index contributed by atoms with van der Waals surface area (Å²) in [5, 5.41) is 15.1. The minimum Gasteiger partial charge on any atom is -0.481 e. The Balaban J connectivity index is 1.94. The summed E-state index contributed by atoms with van der Waals surface area (Å²) in [4.78, 5) is 23.3. The summed E-state index contributed by atoms with van der Waals surface area (Å²) in [6.45, 7) is 2.05. The van der Waals surface area contributed by atoms with Crippen LogP contribution in [0.3, 0.4) is 0 Å². The van der Waals surface area contributed by atoms with Gasteiger partial charge in [-0.1, -0.05) is 30.5 Å². The predicted octanol–water partition coefficient (Wildman–Crippen LogP) is 3.41. The number of rotatable bonds is 4. The molecular formula is C15H19ClN2O3. The number of carbonyl (C=O) groups is 2. The van der Waals surface area contributed by atoms with Gasteiger partial charge in [-0.2, -0.15) is 0 Å². The fourth-order valence-electron chi connectivity index (χ4n) is 2.66. The van der Waals surface area contributed by atoms with Crippen molar-refractivity contribution in [3.8, 4) is 0 Å². The molecule has 2 amide bonds. The minimum atomic E-state index is -0.839. The lowest BCUT2D eigenvalue weighted by Crippen LogP contribution is -2.42. The average Bonchev–Trinajstić information content (AvgIpc) is 2.90. The summed E-state index contributed by atoms with van der Waals surface area (Å²) in [5.74, 6) is -0.839. The third-order valence-corrected chi connectivity index (χ3v) is 4.29. The van der Waals surface area contributed by atoms with E-state index in [-0.39, 0.29) is 6.54 Å². The molecular weight excluding hydrogens is 292 g/mol. The molecule has 0 atom stereocenters. The van der Waals surface area contributed by atoms with Gasteiger partial charge in [0.2, 0.25) is 0 Å². The Labute approximate surface area is 128 Å². The smallest absolute Gasteiger partial charge is 0.319 e. The summed E-state index contributed by atoms with van der Waals surface area (Å²) >= 11 is 6.04. The van der Waals surface area contributed by atoms with Crippen LogP contribution >= 0.6 is 11.6 Å². The van der Waals surface area contributed by atoms with Crippen LogP contribution in [0.4, 0.5) is 10.5 Å². The number of hydrogen-bond donors (Lipinski definition) is 3. The zero-order chi connectivity index (χ0) is 15.5. The van der Waals surface area contributed by atoms with Gasteiger partial charge < -0.3 is 15.7 Å². The molecule has 21 heavy (non-hydrogen) atoms. The zero-order valence-corrected chi connectivity index (χ0v) is 12.7. The topological polar surface area (TPSA) is 78.4 Å². The van der Waals surface area contributed by atoms with Crippen LogP contribution < -0.4 is 10.6 Å². The molecule has 1 aliphatic carbocycles. The van der Waals surface area contributed by atoms with Crippen molar-refractivity contribution >= 4 is 29.3 Å². The van der Waals surface area contributed by atoms with E-state index < -0.39 is 17.4 Å². The first-order chi connectivity index (χ1) is 9.93. The van der Waals surface area contributed by atoms with Gasteiger partial charge in [-0.05, 0) is 37.5 Å². The summed E-state index contributed by atoms with van der Waals surface area (Å²) in [6, 6.07) is 4.89. The van der Waals surface area contributed by atoms with Gasteiger partial charge in [0.1, 0.15) is 0 Å². The second-order valence-corrected chi connectivity index (χ2v) is 5.99. The van der Waals surface area contributed by atoms with Crippen molar-refractivity contribution in [2.75, 3.05) is 11.9 Å². The third kappa shape index (κ3) is 3.67. The molecule has 0 radical (unpaired) electrons. The first kappa shape index (κ1) is 15.6. The number of anilines is 1. The Morgan fingerprint density at radius 1 is 1.33 bits per heavy atom. The Morgan fingerprint density at radius 2 is 2.00 bits per heavy atom. The van der Waals surface area contributed by atoms with Crippen molar-refractivity contribution in [3.05, 3.63) is 28.8 Å². The lowest BCUT2D eigenvalue weighted by atomic mass is 9.86. The van der Waals surface area contributed by atoms with Crippen molar-refractivity contribution in [2.45, 2.75) is 32.6 Å². The molecule has 0 heterocycles. The summed E-state index contributed by atoms with van der Waals surface area (Å²) < 4.78 is 0. The Bertz CT molecular complexity index is 554. The number of amides is 2. The van der Waals surface area contributed by atoms with E-state index in [2.05, 4.69) is 10.6 Å². The molecule has 0 aromatic heterocycles. The summed E-state index contributed by atoms with van der Waals surface area (Å²) in [6.07, 6.45) is 2.99. The quantitative estimate of drug-likeness (QED) is 0.797. The molecule has 6 heteroatoms. The van der Waals surface area contributed by atoms with Crippen LogP contribution in [0.1, 0.15) is 31.2 Å². The first-order valence-corrected chi connectivity index (χ1v) is 7.35. The van der Waals surface area contributed by atoms with E-state index >= 15 is 0 Å². The van der Waals surface area contributed by atoms with E-state index in [9.17, 15) is 14.7 Å². The SMILES string of the molecule is Cc1ccc(NC(=O)NCC2(C(=O)O)CCCC2)c(Cl)c1. The highest BCUT2D eigenvalue weighted by molar-refractivity contribution is 6.33. The van der Waals surface area contributed by atoms with Crippen molar-refractivity contribution in [1.29, 1.82) is 0 Å². The number of nitrogens with one attached hydrogen (secondary N) is 2. The predicted molar refractivity (Wildman–Crippen MR) is 81.7 cm³/mol. The molecule has 0 aliphatic heterocycles. The molecule has 5 nitrogen and oxygen atoms in total. The number of hydrogen-bond acceptors (Lipinski definition) is 2. The standard InChI is InChI=1S/C15H19ClN2O3/c1-10-4-5-12(11(16)8-10)18-14(21)17-9-15(13(19)20)6-2-3-7-15/h4-5,8H,2-3,6-7,9H2,1H3,(H,19,20)(H2,17,18,21). The number of aliphatic carboxylic acids is 1. The van der Waals surface area contributed by atoms with Crippen molar-refractivity contribution in [2.24, 2.45) is 5.41 Å². The van der Waals surface area contributed by atoms with Gasteiger partial charge in [-0.15, -0.1) is 0 Å². The molecule has 3 N–H and O–H groups in total. The molecule has 0 unspecified atom stereocenters. The molecule has 0 saturated heterocycles. The van der Waals surface area contributed by atoms with E-state index in [1.165, 1.54) is 0 Å². The van der Waals surface area contributed by atoms with Gasteiger partial charge in [0.05, 0.1) is 16.1 Å². The van der Waals surface area contributed by atoms with E-state index in [0.29, 0.717) is 23.6 Å². The van der Waals surface area contributed by atoms with E-state index in [4.69, 9.17) is 11.6 Å². The second-order valence-electron chi connectivity index (χ2n) is 5.58. The molecule has 0 bridgehead atoms. The lowest BCUT2D eigenvalue weighted by molar-refractivity contribution is -0.148. The number of benzene rings is 1. The van der Waals surface area contributed by atoms with Gasteiger partial charge in [0, 0.05) is 6.54 Å². The zero-order valence-electron chi connectivity index (χ0n) is 11.9. The first-order valence-electron chi connectivity index (χ1n) is 6.97. The number of carbonyl (C=O) groups excluding carboxylic acids is 1. The molecule has 0 spiro atoms. The average molecular weight is 311 g/mol. The fraction of sp³-hybridized carbons (Fsp3) is 0.467. The molecule has 1 aromatic carbocycles. The van der Waals surface area contributed by atoms with Crippen molar-refractivity contribution in [1.82, 2.24) is 5.32 Å². The third-order valence-electron chi connectivity index (χ3n) is 3.97. The van der Waals surface area contributed by atoms with Crippen LogP contribution in [0, 0.1) is 12.3 Å². The van der Waals surface area contributed by atoms with Gasteiger partial charge in [0.15, 0.2) is 0 Å². The van der Waals surface area contributed by atoms with Gasteiger partial charge in [0.25, 0.3) is 0 Å². The highest BCUT2D eigenvalue weighted by Crippen LogP contribution is 2.37. The number of urea groups is 1. The van der Waals surface area contributed by atoms with Crippen molar-refractivity contribution in [3.63, 3.8) is 0 Å². The Hall–Kier alpha value is -1.75. The van der Waals surface area contributed by atoms with E-state index in [1.54, 1.807) is 12.1 Å². The number of carboxylic acids is 1. The molecule has 2 rings (SSSR count). The molecule has 1 saturated carbocycles. The van der Waals surface area contributed by atoms with Crippen LogP contribution in [-0.4, -0.2) is 23.7 Å². The fourth-order valence-corrected chi connectivity index (χ4v) is 2.94. The molecule has 1 aromatic rings. The summed E-state index contributed by atoms with van der Waals surface area (Å²) in [7, 11) is 0. The van der Waals surface area contributed by atoms with Gasteiger partial charge in [-0.25, -0.2) is 4.79 Å².